The summed E-state index contributed by atoms with van der Waals surface area (Å²) in [5, 5.41) is 15.5. The number of nitrogens with zero attached hydrogens (tertiary/aromatic N) is 3. The number of hydrogen-bond donors (Lipinski definition) is 5. The first-order valence-electron chi connectivity index (χ1n) is 16.3. The van der Waals surface area contributed by atoms with Crippen LogP contribution in [0.25, 0.3) is 0 Å². The van der Waals surface area contributed by atoms with Crippen molar-refractivity contribution in [3.8, 4) is 0 Å². The highest BCUT2D eigenvalue weighted by Crippen LogP contribution is 2.23. The molecule has 15 nitrogen and oxygen atoms in total. The normalized spacial score (nSPS) is 25.1. The average Bonchev–Trinajstić information content (AvgIpc) is 3.74. The molecule has 2 aromatic rings. The predicted molar refractivity (Wildman–Crippen MR) is 180 cm³/mol. The molecule has 16 heteroatoms. The van der Waals surface area contributed by atoms with Crippen LogP contribution in [0.1, 0.15) is 67.6 Å². The smallest absolute Gasteiger partial charge is 0.271 e. The van der Waals surface area contributed by atoms with Crippen molar-refractivity contribution in [3.63, 3.8) is 0 Å². The van der Waals surface area contributed by atoms with E-state index in [4.69, 9.17) is 0 Å². The molecule has 2 aliphatic heterocycles. The van der Waals surface area contributed by atoms with Crippen molar-refractivity contribution in [3.05, 3.63) is 52.0 Å². The van der Waals surface area contributed by atoms with Crippen LogP contribution in [-0.2, 0) is 35.2 Å². The van der Waals surface area contributed by atoms with Gasteiger partial charge in [-0.25, -0.2) is 4.98 Å². The lowest BCUT2D eigenvalue weighted by Gasteiger charge is -2.30. The molecule has 0 aliphatic carbocycles. The molecule has 0 spiro atoms. The fourth-order valence-electron chi connectivity index (χ4n) is 5.53. The van der Waals surface area contributed by atoms with Crippen molar-refractivity contribution < 1.29 is 33.6 Å². The molecule has 0 unspecified atom stereocenters. The zero-order chi connectivity index (χ0) is 35.8. The lowest BCUT2D eigenvalue weighted by molar-refractivity contribution is -0.140. The third-order valence-corrected chi connectivity index (χ3v) is 9.37. The van der Waals surface area contributed by atoms with E-state index in [1.165, 1.54) is 36.1 Å². The van der Waals surface area contributed by atoms with Crippen molar-refractivity contribution in [2.24, 2.45) is 5.92 Å². The van der Waals surface area contributed by atoms with Crippen LogP contribution in [0.4, 0.5) is 0 Å². The summed E-state index contributed by atoms with van der Waals surface area (Å²) in [4.78, 5) is 99.0. The van der Waals surface area contributed by atoms with Crippen LogP contribution in [0.5, 0.6) is 0 Å². The average molecular weight is 697 g/mol. The molecule has 7 amide bonds. The molecule has 1 aromatic heterocycles. The Balaban J connectivity index is 1.66. The summed E-state index contributed by atoms with van der Waals surface area (Å²) in [6.07, 6.45) is 0.793. The summed E-state index contributed by atoms with van der Waals surface area (Å²) < 4.78 is 0. The minimum atomic E-state index is -1.03. The lowest BCUT2D eigenvalue weighted by atomic mass is 10.0. The number of benzene rings is 1. The molecule has 49 heavy (non-hydrogen) atoms. The molecule has 5 atom stereocenters. The molecule has 0 saturated carbocycles. The van der Waals surface area contributed by atoms with Gasteiger partial charge in [-0.1, -0.05) is 44.2 Å². The number of carbonyl (C=O) groups is 7. The molecule has 2 aliphatic rings. The van der Waals surface area contributed by atoms with Crippen molar-refractivity contribution in [1.82, 2.24) is 41.4 Å². The van der Waals surface area contributed by atoms with E-state index in [0.717, 1.165) is 16.9 Å². The van der Waals surface area contributed by atoms with Crippen LogP contribution >= 0.6 is 11.3 Å². The fourth-order valence-corrected chi connectivity index (χ4v) is 6.38. The number of hydrogen-bond acceptors (Lipinski definition) is 9. The summed E-state index contributed by atoms with van der Waals surface area (Å²) in [6, 6.07) is 4.88. The summed E-state index contributed by atoms with van der Waals surface area (Å²) in [7, 11) is 1.52. The van der Waals surface area contributed by atoms with Gasteiger partial charge >= 0.3 is 0 Å². The van der Waals surface area contributed by atoms with Crippen LogP contribution in [0.3, 0.4) is 0 Å². The van der Waals surface area contributed by atoms with Gasteiger partial charge in [-0.2, -0.15) is 0 Å². The zero-order valence-corrected chi connectivity index (χ0v) is 29.1. The fraction of sp³-hybridized carbons (Fsp3) is 0.515. The number of aromatic nitrogens is 1. The Morgan fingerprint density at radius 2 is 1.61 bits per heavy atom. The van der Waals surface area contributed by atoms with Gasteiger partial charge in [0.25, 0.3) is 5.91 Å². The molecule has 1 fully saturated rings. The minimum Gasteiger partial charge on any atom is -0.345 e. The zero-order valence-electron chi connectivity index (χ0n) is 28.3. The maximum Gasteiger partial charge on any atom is 0.271 e. The SMILES string of the molecule is CC(C)[C@@H]1NC(=O)[C@H](C)NC(=O)c2csc(n2)[C@H](Cc2ccccc2)NC(=O)CN(C(=O)[C@@H]2CCC(=O)N2)CCN(C)C(=O)[C@@H](C)NC1=O. The van der Waals surface area contributed by atoms with Crippen LogP contribution < -0.4 is 26.6 Å². The molecule has 5 N–H and O–H groups in total. The Bertz CT molecular complexity index is 1560. The topological polar surface area (TPSA) is 199 Å². The van der Waals surface area contributed by atoms with Crippen LogP contribution in [-0.4, -0.2) is 107 Å². The Morgan fingerprint density at radius 3 is 2.27 bits per heavy atom. The van der Waals surface area contributed by atoms with Gasteiger partial charge in [-0.05, 0) is 38.2 Å². The lowest BCUT2D eigenvalue weighted by Crippen LogP contribution is -2.57. The maximum absolute atomic E-state index is 13.6. The molecule has 1 aromatic carbocycles. The van der Waals surface area contributed by atoms with E-state index >= 15 is 0 Å². The predicted octanol–water partition coefficient (Wildman–Crippen LogP) is -0.114. The summed E-state index contributed by atoms with van der Waals surface area (Å²) in [5.74, 6) is -3.84. The van der Waals surface area contributed by atoms with Gasteiger partial charge in [-0.15, -0.1) is 11.3 Å². The molecule has 2 bridgehead atoms. The summed E-state index contributed by atoms with van der Waals surface area (Å²) in [6.45, 7) is 6.09. The van der Waals surface area contributed by atoms with E-state index in [2.05, 4.69) is 31.6 Å². The Morgan fingerprint density at radius 1 is 0.898 bits per heavy atom. The second-order valence-electron chi connectivity index (χ2n) is 12.7. The van der Waals surface area contributed by atoms with E-state index in [1.54, 1.807) is 13.8 Å². The largest absolute Gasteiger partial charge is 0.345 e. The highest BCUT2D eigenvalue weighted by atomic mass is 32.1. The molecule has 4 rings (SSSR count). The van der Waals surface area contributed by atoms with Crippen molar-refractivity contribution in [2.45, 2.75) is 77.2 Å². The van der Waals surface area contributed by atoms with Crippen LogP contribution in [0.2, 0.25) is 0 Å². The highest BCUT2D eigenvalue weighted by Gasteiger charge is 2.34. The van der Waals surface area contributed by atoms with Crippen LogP contribution in [0.15, 0.2) is 35.7 Å². The second-order valence-corrected chi connectivity index (χ2v) is 13.6. The maximum atomic E-state index is 13.6. The molecular weight excluding hydrogens is 652 g/mol. The van der Waals surface area contributed by atoms with Gasteiger partial charge in [0, 0.05) is 31.9 Å². The Hall–Kier alpha value is -4.86. The first-order chi connectivity index (χ1) is 23.2. The number of amides is 7. The standard InChI is InChI=1S/C33H44N8O7S/c1-18(2)27-30(46)35-20(4)32(47)40(5)13-14-41(33(48)22-11-12-25(42)36-22)16-26(43)37-23(15-21-9-7-6-8-10-21)31-38-24(17-49-31)29(45)34-19(3)28(44)39-27/h6-10,17-20,22-23,27H,11-16H2,1-5H3,(H,34,45)(H,35,46)(H,36,42)(H,37,43)(H,39,44)/t19-,20+,22-,23-,27-/m0/s1. The third-order valence-electron chi connectivity index (χ3n) is 8.41. The van der Waals surface area contributed by atoms with E-state index in [9.17, 15) is 33.6 Å². The quantitative estimate of drug-likeness (QED) is 0.292. The number of rotatable bonds is 4. The monoisotopic (exact) mass is 696 g/mol. The molecule has 0 radical (unpaired) electrons. The molecule has 264 valence electrons. The number of fused-ring (bicyclic) bond motifs is 2. The van der Waals surface area contributed by atoms with Gasteiger partial charge in [-0.3, -0.25) is 33.6 Å². The third kappa shape index (κ3) is 9.84. The van der Waals surface area contributed by atoms with Crippen molar-refractivity contribution in [2.75, 3.05) is 26.7 Å². The number of carbonyl (C=O) groups excluding carboxylic acids is 7. The Labute approximate surface area is 288 Å². The molecular formula is C33H44N8O7S. The highest BCUT2D eigenvalue weighted by molar-refractivity contribution is 7.09. The number of thiazole rings is 1. The van der Waals surface area contributed by atoms with E-state index in [1.807, 2.05) is 30.3 Å². The van der Waals surface area contributed by atoms with Gasteiger partial charge in [0.1, 0.15) is 34.9 Å². The van der Waals surface area contributed by atoms with Crippen LogP contribution in [0, 0.1) is 5.92 Å². The Kier molecular flexibility index (Phi) is 12.4. The van der Waals surface area contributed by atoms with Gasteiger partial charge in [0.15, 0.2) is 0 Å². The summed E-state index contributed by atoms with van der Waals surface area (Å²) in [5.41, 5.74) is 0.934. The van der Waals surface area contributed by atoms with Crippen molar-refractivity contribution >= 4 is 52.7 Å². The van der Waals surface area contributed by atoms with Gasteiger partial charge in [0.05, 0.1) is 12.6 Å². The number of likely N-dealkylation sites (N-methyl/N-ethyl adjacent to an activating group) is 1. The summed E-state index contributed by atoms with van der Waals surface area (Å²) >= 11 is 1.16. The van der Waals surface area contributed by atoms with Gasteiger partial charge < -0.3 is 36.4 Å². The van der Waals surface area contributed by atoms with E-state index in [-0.39, 0.29) is 50.0 Å². The first-order valence-corrected chi connectivity index (χ1v) is 17.1. The van der Waals surface area contributed by atoms with E-state index < -0.39 is 65.7 Å². The second kappa shape index (κ2) is 16.5. The number of nitrogens with one attached hydrogen (secondary N) is 5. The first kappa shape index (κ1) is 37.0. The van der Waals surface area contributed by atoms with Gasteiger partial charge in [0.2, 0.25) is 35.4 Å². The molecule has 3 heterocycles. The van der Waals surface area contributed by atoms with E-state index in [0.29, 0.717) is 11.4 Å². The molecule has 1 saturated heterocycles. The van der Waals surface area contributed by atoms with Crippen molar-refractivity contribution in [1.29, 1.82) is 0 Å². The minimum absolute atomic E-state index is 0.0255.